The van der Waals surface area contributed by atoms with E-state index in [-0.39, 0.29) is 0 Å². The van der Waals surface area contributed by atoms with Crippen molar-refractivity contribution in [1.29, 1.82) is 0 Å². The molecule has 1 aromatic rings. The lowest BCUT2D eigenvalue weighted by Gasteiger charge is -2.35. The number of rotatable bonds is 3. The predicted molar refractivity (Wildman–Crippen MR) is 77.1 cm³/mol. The van der Waals surface area contributed by atoms with Gasteiger partial charge in [-0.1, -0.05) is 33.3 Å². The normalized spacial score (nSPS) is 27.8. The Balaban J connectivity index is 2.03. The number of nitrogens with one attached hydrogen (secondary N) is 1. The molecule has 0 saturated heterocycles. The van der Waals surface area contributed by atoms with E-state index in [1.54, 1.807) is 0 Å². The summed E-state index contributed by atoms with van der Waals surface area (Å²) in [7, 11) is 0. The van der Waals surface area contributed by atoms with E-state index in [1.807, 2.05) is 19.2 Å². The zero-order chi connectivity index (χ0) is 13.1. The molecule has 0 amide bonds. The maximum absolute atomic E-state index is 4.23. The monoisotopic (exact) mass is 244 g/mol. The molecule has 18 heavy (non-hydrogen) atoms. The van der Waals surface area contributed by atoms with Crippen molar-refractivity contribution < 1.29 is 0 Å². The van der Waals surface area contributed by atoms with Gasteiger partial charge in [-0.3, -0.25) is 4.98 Å². The first-order chi connectivity index (χ1) is 8.58. The molecule has 98 valence electrons. The van der Waals surface area contributed by atoms with E-state index in [4.69, 9.17) is 0 Å². The van der Waals surface area contributed by atoms with Crippen LogP contribution in [0.5, 0.6) is 0 Å². The number of nitrogens with zero attached hydrogens (tertiary/aromatic N) is 1. The Morgan fingerprint density at radius 1 is 1.39 bits per heavy atom. The van der Waals surface area contributed by atoms with Crippen LogP contribution in [0, 0.1) is 18.8 Å². The van der Waals surface area contributed by atoms with Crippen LogP contribution in [0.25, 0.3) is 5.70 Å². The van der Waals surface area contributed by atoms with Crippen molar-refractivity contribution >= 4 is 5.70 Å². The van der Waals surface area contributed by atoms with Gasteiger partial charge in [0.05, 0.1) is 0 Å². The molecule has 1 aliphatic rings. The molecule has 1 heterocycles. The molecule has 2 heteroatoms. The highest BCUT2D eigenvalue weighted by atomic mass is 14.9. The molecule has 0 aromatic carbocycles. The lowest BCUT2D eigenvalue weighted by Crippen LogP contribution is -2.39. The van der Waals surface area contributed by atoms with Gasteiger partial charge in [-0.15, -0.1) is 0 Å². The second kappa shape index (κ2) is 5.55. The second-order valence-electron chi connectivity index (χ2n) is 5.68. The molecule has 0 radical (unpaired) electrons. The van der Waals surface area contributed by atoms with Gasteiger partial charge in [0.1, 0.15) is 0 Å². The third-order valence-electron chi connectivity index (χ3n) is 4.31. The van der Waals surface area contributed by atoms with E-state index in [9.17, 15) is 0 Å². The van der Waals surface area contributed by atoms with E-state index >= 15 is 0 Å². The van der Waals surface area contributed by atoms with Gasteiger partial charge >= 0.3 is 0 Å². The molecule has 0 aliphatic heterocycles. The Kier molecular flexibility index (Phi) is 4.05. The van der Waals surface area contributed by atoms with E-state index in [2.05, 4.69) is 36.8 Å². The van der Waals surface area contributed by atoms with Crippen molar-refractivity contribution in [2.75, 3.05) is 0 Å². The van der Waals surface area contributed by atoms with E-state index in [0.717, 1.165) is 28.8 Å². The summed E-state index contributed by atoms with van der Waals surface area (Å²) in [5.74, 6) is 1.53. The fourth-order valence-electron chi connectivity index (χ4n) is 2.83. The Bertz CT molecular complexity index is 425. The molecule has 3 atom stereocenters. The lowest BCUT2D eigenvalue weighted by molar-refractivity contribution is 0.223. The maximum atomic E-state index is 4.23. The highest BCUT2D eigenvalue weighted by molar-refractivity contribution is 5.61. The summed E-state index contributed by atoms with van der Waals surface area (Å²) in [4.78, 5) is 4.23. The van der Waals surface area contributed by atoms with Crippen molar-refractivity contribution in [2.45, 2.75) is 46.1 Å². The Hall–Kier alpha value is -1.31. The van der Waals surface area contributed by atoms with Crippen LogP contribution in [0.15, 0.2) is 24.9 Å². The van der Waals surface area contributed by atoms with E-state index in [1.165, 1.54) is 19.3 Å². The zero-order valence-corrected chi connectivity index (χ0v) is 11.7. The summed E-state index contributed by atoms with van der Waals surface area (Å²) in [6.07, 6.45) is 5.80. The smallest absolute Gasteiger partial charge is 0.0379 e. The molecule has 1 N–H and O–H groups in total. The first-order valence-corrected chi connectivity index (χ1v) is 6.96. The fraction of sp³-hybridized carbons (Fsp3) is 0.562. The third-order valence-corrected chi connectivity index (χ3v) is 4.31. The summed E-state index contributed by atoms with van der Waals surface area (Å²) in [6.45, 7) is 10.9. The maximum Gasteiger partial charge on any atom is 0.0379 e. The van der Waals surface area contributed by atoms with Crippen molar-refractivity contribution in [3.8, 4) is 0 Å². The topological polar surface area (TPSA) is 24.9 Å². The number of aromatic nitrogens is 1. The summed E-state index contributed by atoms with van der Waals surface area (Å²) < 4.78 is 0. The molecular weight excluding hydrogens is 220 g/mol. The quantitative estimate of drug-likeness (QED) is 0.875. The Morgan fingerprint density at radius 3 is 2.89 bits per heavy atom. The number of pyridine rings is 1. The number of hydrogen-bond donors (Lipinski definition) is 1. The van der Waals surface area contributed by atoms with Gasteiger partial charge in [0.2, 0.25) is 0 Å². The first-order valence-electron chi connectivity index (χ1n) is 6.96. The van der Waals surface area contributed by atoms with Gasteiger partial charge in [-0.05, 0) is 37.3 Å². The fourth-order valence-corrected chi connectivity index (χ4v) is 2.83. The van der Waals surface area contributed by atoms with Crippen LogP contribution < -0.4 is 5.32 Å². The van der Waals surface area contributed by atoms with Gasteiger partial charge in [0.15, 0.2) is 0 Å². The van der Waals surface area contributed by atoms with Crippen LogP contribution in [-0.4, -0.2) is 11.0 Å². The number of hydrogen-bond acceptors (Lipinski definition) is 2. The highest BCUT2D eigenvalue weighted by Crippen LogP contribution is 2.30. The minimum atomic E-state index is 0.565. The van der Waals surface area contributed by atoms with E-state index in [0.29, 0.717) is 6.04 Å². The average molecular weight is 244 g/mol. The molecule has 2 rings (SSSR count). The van der Waals surface area contributed by atoms with Crippen LogP contribution in [0.3, 0.4) is 0 Å². The number of aryl methyl sites for hydroxylation is 1. The molecule has 1 saturated carbocycles. The van der Waals surface area contributed by atoms with Crippen molar-refractivity contribution in [2.24, 2.45) is 11.8 Å². The summed E-state index contributed by atoms with van der Waals surface area (Å²) in [5, 5.41) is 3.62. The highest BCUT2D eigenvalue weighted by Gasteiger charge is 2.27. The zero-order valence-electron chi connectivity index (χ0n) is 11.7. The summed E-state index contributed by atoms with van der Waals surface area (Å²) >= 11 is 0. The van der Waals surface area contributed by atoms with Crippen LogP contribution in [0.4, 0.5) is 0 Å². The first kappa shape index (κ1) is 13.1. The van der Waals surface area contributed by atoms with Crippen LogP contribution in [0.1, 0.15) is 44.4 Å². The third kappa shape index (κ3) is 2.92. The lowest BCUT2D eigenvalue weighted by atomic mass is 9.78. The molecule has 1 aromatic heterocycles. The molecule has 0 bridgehead atoms. The predicted octanol–water partition coefficient (Wildman–Crippen LogP) is 3.78. The van der Waals surface area contributed by atoms with Gasteiger partial charge < -0.3 is 5.32 Å². The van der Waals surface area contributed by atoms with Gasteiger partial charge in [0, 0.05) is 29.2 Å². The van der Waals surface area contributed by atoms with Crippen LogP contribution >= 0.6 is 0 Å². The average Bonchev–Trinajstić information content (AvgIpc) is 2.35. The minimum Gasteiger partial charge on any atom is -0.382 e. The summed E-state index contributed by atoms with van der Waals surface area (Å²) in [6, 6.07) is 4.68. The SMILES string of the molecule is C=C(NC1CCCC(C)C1C)c1ccnc(C)c1. The van der Waals surface area contributed by atoms with Crippen molar-refractivity contribution in [1.82, 2.24) is 10.3 Å². The Labute approximate surface area is 111 Å². The Morgan fingerprint density at radius 2 is 2.17 bits per heavy atom. The van der Waals surface area contributed by atoms with Gasteiger partial charge in [-0.25, -0.2) is 0 Å². The van der Waals surface area contributed by atoms with Gasteiger partial charge in [-0.2, -0.15) is 0 Å². The largest absolute Gasteiger partial charge is 0.382 e. The van der Waals surface area contributed by atoms with Crippen molar-refractivity contribution in [3.05, 3.63) is 36.2 Å². The molecule has 0 spiro atoms. The van der Waals surface area contributed by atoms with E-state index < -0.39 is 0 Å². The van der Waals surface area contributed by atoms with Gasteiger partial charge in [0.25, 0.3) is 0 Å². The second-order valence-corrected chi connectivity index (χ2v) is 5.68. The molecule has 2 nitrogen and oxygen atoms in total. The minimum absolute atomic E-state index is 0.565. The van der Waals surface area contributed by atoms with Crippen LogP contribution in [0.2, 0.25) is 0 Å². The molecular formula is C16H24N2. The molecule has 1 aliphatic carbocycles. The summed E-state index contributed by atoms with van der Waals surface area (Å²) in [5.41, 5.74) is 3.24. The standard InChI is InChI=1S/C16H24N2/c1-11-6-5-7-16(13(11)3)18-14(4)15-8-9-17-12(2)10-15/h8-11,13,16,18H,4-7H2,1-3H3. The van der Waals surface area contributed by atoms with Crippen molar-refractivity contribution in [3.63, 3.8) is 0 Å². The molecule has 1 fully saturated rings. The molecule has 3 unspecified atom stereocenters. The van der Waals surface area contributed by atoms with Crippen LogP contribution in [-0.2, 0) is 0 Å².